The molecule has 3 aromatic rings. The zero-order valence-electron chi connectivity index (χ0n) is 21.0. The molecule has 0 aliphatic heterocycles. The number of carbonyl (C=O) groups is 2. The molecule has 1 saturated carbocycles. The second kappa shape index (κ2) is 11.3. The Morgan fingerprint density at radius 3 is 2.33 bits per heavy atom. The van der Waals surface area contributed by atoms with Gasteiger partial charge in [0.15, 0.2) is 0 Å². The number of rotatable bonds is 9. The molecule has 0 aromatic heterocycles. The van der Waals surface area contributed by atoms with Crippen molar-refractivity contribution >= 4 is 23.4 Å². The summed E-state index contributed by atoms with van der Waals surface area (Å²) in [7, 11) is 1.69. The molecule has 4 rings (SSSR count). The van der Waals surface area contributed by atoms with Crippen LogP contribution in [0, 0.1) is 0 Å². The Bertz CT molecular complexity index is 1190. The maximum Gasteiger partial charge on any atom is 0.410 e. The van der Waals surface area contributed by atoms with E-state index < -0.39 is 6.09 Å². The van der Waals surface area contributed by atoms with Gasteiger partial charge in [0.25, 0.3) is 5.91 Å². The van der Waals surface area contributed by atoms with Gasteiger partial charge in [0.05, 0.1) is 11.4 Å². The van der Waals surface area contributed by atoms with Gasteiger partial charge in [0, 0.05) is 37.2 Å². The van der Waals surface area contributed by atoms with Crippen LogP contribution in [0.1, 0.15) is 53.2 Å². The molecule has 3 aromatic carbocycles. The van der Waals surface area contributed by atoms with Crippen LogP contribution in [0.3, 0.4) is 0 Å². The number of nitrogen functional groups attached to an aromatic ring is 1. The number of benzene rings is 3. The molecule has 36 heavy (non-hydrogen) atoms. The van der Waals surface area contributed by atoms with Crippen LogP contribution >= 0.6 is 0 Å². The molecule has 1 fully saturated rings. The lowest BCUT2D eigenvalue weighted by atomic mass is 10.1. The summed E-state index contributed by atoms with van der Waals surface area (Å²) < 4.78 is 5.49. The van der Waals surface area contributed by atoms with E-state index in [1.54, 1.807) is 31.3 Å². The average Bonchev–Trinajstić information content (AvgIpc) is 3.63. The Morgan fingerprint density at radius 1 is 1.00 bits per heavy atom. The first-order chi connectivity index (χ1) is 17.3. The van der Waals surface area contributed by atoms with Crippen LogP contribution in [0.15, 0.2) is 72.8 Å². The lowest BCUT2D eigenvalue weighted by Gasteiger charge is -2.17. The van der Waals surface area contributed by atoms with E-state index in [1.165, 1.54) is 16.9 Å². The van der Waals surface area contributed by atoms with Crippen molar-refractivity contribution in [3.05, 3.63) is 95.1 Å². The van der Waals surface area contributed by atoms with E-state index in [4.69, 9.17) is 10.5 Å². The van der Waals surface area contributed by atoms with Crippen LogP contribution in [0.2, 0.25) is 0 Å². The van der Waals surface area contributed by atoms with Crippen molar-refractivity contribution in [3.63, 3.8) is 0 Å². The maximum atomic E-state index is 12.5. The molecule has 2 amide bonds. The molecule has 188 valence electrons. The van der Waals surface area contributed by atoms with Crippen LogP contribution in [-0.2, 0) is 17.9 Å². The molecule has 7 heteroatoms. The van der Waals surface area contributed by atoms with Crippen molar-refractivity contribution in [2.75, 3.05) is 18.1 Å². The van der Waals surface area contributed by atoms with Crippen LogP contribution in [0.4, 0.5) is 16.2 Å². The highest BCUT2D eigenvalue weighted by molar-refractivity contribution is 6.05. The zero-order chi connectivity index (χ0) is 25.7. The van der Waals surface area contributed by atoms with Crippen molar-refractivity contribution in [3.8, 4) is 0 Å². The molecular formula is C29H34N4O3. The smallest absolute Gasteiger partial charge is 0.410 e. The molecule has 1 unspecified atom stereocenters. The van der Waals surface area contributed by atoms with Crippen LogP contribution in [-0.4, -0.2) is 36.0 Å². The van der Waals surface area contributed by atoms with Gasteiger partial charge in [-0.2, -0.15) is 0 Å². The first kappa shape index (κ1) is 25.3. The average molecular weight is 487 g/mol. The SMILES string of the molecule is CC(C)N[C@H]1CC1c1ccc(COC(=O)N(C)Cc2ccc(C(=O)Nc3ccccc3N)cc2)cc1. The minimum atomic E-state index is -0.399. The van der Waals surface area contributed by atoms with Gasteiger partial charge in [-0.3, -0.25) is 4.79 Å². The molecule has 0 bridgehead atoms. The normalized spacial score (nSPS) is 16.4. The highest BCUT2D eigenvalue weighted by Gasteiger charge is 2.38. The minimum Gasteiger partial charge on any atom is -0.445 e. The lowest BCUT2D eigenvalue weighted by Crippen LogP contribution is -2.27. The number of nitrogens with zero attached hydrogens (tertiary/aromatic N) is 1. The van der Waals surface area contributed by atoms with E-state index >= 15 is 0 Å². The summed E-state index contributed by atoms with van der Waals surface area (Å²) in [4.78, 5) is 26.5. The van der Waals surface area contributed by atoms with E-state index in [1.807, 2.05) is 36.4 Å². The van der Waals surface area contributed by atoms with Crippen LogP contribution < -0.4 is 16.4 Å². The molecule has 0 radical (unpaired) electrons. The Morgan fingerprint density at radius 2 is 1.67 bits per heavy atom. The van der Waals surface area contributed by atoms with Crippen molar-refractivity contribution < 1.29 is 14.3 Å². The predicted octanol–water partition coefficient (Wildman–Crippen LogP) is 5.14. The summed E-state index contributed by atoms with van der Waals surface area (Å²) >= 11 is 0. The Labute approximate surface area is 212 Å². The summed E-state index contributed by atoms with van der Waals surface area (Å²) in [5.74, 6) is 0.329. The van der Waals surface area contributed by atoms with Gasteiger partial charge < -0.3 is 26.0 Å². The molecule has 4 N–H and O–H groups in total. The quantitative estimate of drug-likeness (QED) is 0.364. The van der Waals surface area contributed by atoms with E-state index in [-0.39, 0.29) is 12.5 Å². The van der Waals surface area contributed by atoms with Gasteiger partial charge >= 0.3 is 6.09 Å². The third-order valence-corrected chi connectivity index (χ3v) is 6.26. The van der Waals surface area contributed by atoms with E-state index in [2.05, 4.69) is 36.6 Å². The van der Waals surface area contributed by atoms with E-state index in [0.29, 0.717) is 41.5 Å². The highest BCUT2D eigenvalue weighted by atomic mass is 16.6. The Kier molecular flexibility index (Phi) is 7.90. The van der Waals surface area contributed by atoms with Gasteiger partial charge in [-0.15, -0.1) is 0 Å². The molecule has 0 heterocycles. The predicted molar refractivity (Wildman–Crippen MR) is 143 cm³/mol. The molecule has 1 aliphatic carbocycles. The van der Waals surface area contributed by atoms with E-state index in [0.717, 1.165) is 11.1 Å². The topological polar surface area (TPSA) is 96.7 Å². The minimum absolute atomic E-state index is 0.226. The van der Waals surface area contributed by atoms with Crippen molar-refractivity contribution in [1.82, 2.24) is 10.2 Å². The fraction of sp³-hybridized carbons (Fsp3) is 0.310. The third kappa shape index (κ3) is 6.64. The zero-order valence-corrected chi connectivity index (χ0v) is 21.0. The Hall–Kier alpha value is -3.84. The number of amides is 2. The molecular weight excluding hydrogens is 452 g/mol. The maximum absolute atomic E-state index is 12.5. The number of hydrogen-bond donors (Lipinski definition) is 3. The summed E-state index contributed by atoms with van der Waals surface area (Å²) in [6.45, 7) is 4.93. The third-order valence-electron chi connectivity index (χ3n) is 6.26. The number of nitrogens with one attached hydrogen (secondary N) is 2. The van der Waals surface area contributed by atoms with Gasteiger partial charge in [-0.05, 0) is 47.4 Å². The second-order valence-electron chi connectivity index (χ2n) is 9.66. The number of anilines is 2. The first-order valence-corrected chi connectivity index (χ1v) is 12.3. The van der Waals surface area contributed by atoms with Crippen LogP contribution in [0.5, 0.6) is 0 Å². The first-order valence-electron chi connectivity index (χ1n) is 12.3. The number of para-hydroxylation sites is 2. The van der Waals surface area contributed by atoms with Crippen molar-refractivity contribution in [1.29, 1.82) is 0 Å². The summed E-state index contributed by atoms with van der Waals surface area (Å²) in [5.41, 5.74) is 10.7. The fourth-order valence-corrected chi connectivity index (χ4v) is 4.20. The number of carbonyl (C=O) groups excluding carboxylic acids is 2. The second-order valence-corrected chi connectivity index (χ2v) is 9.66. The standard InChI is InChI=1S/C29H34N4O3/c1-19(2)31-27-16-24(27)22-12-10-21(11-13-22)18-36-29(35)33(3)17-20-8-14-23(15-9-20)28(34)32-26-7-5-4-6-25(26)30/h4-15,19,24,27,31H,16-18,30H2,1-3H3,(H,32,34)/t24?,27-/m0/s1. The molecule has 0 spiro atoms. The molecule has 1 aliphatic rings. The summed E-state index contributed by atoms with van der Waals surface area (Å²) in [5, 5.41) is 6.38. The number of nitrogens with two attached hydrogens (primary N) is 1. The Balaban J connectivity index is 1.23. The molecule has 2 atom stereocenters. The molecule has 0 saturated heterocycles. The van der Waals surface area contributed by atoms with Gasteiger partial charge in [0.1, 0.15) is 6.61 Å². The van der Waals surface area contributed by atoms with Gasteiger partial charge in [-0.1, -0.05) is 62.4 Å². The van der Waals surface area contributed by atoms with Gasteiger partial charge in [0.2, 0.25) is 0 Å². The summed E-state index contributed by atoms with van der Waals surface area (Å²) in [6.07, 6.45) is 0.772. The lowest BCUT2D eigenvalue weighted by molar-refractivity contribution is 0.101. The highest BCUT2D eigenvalue weighted by Crippen LogP contribution is 2.41. The van der Waals surface area contributed by atoms with Gasteiger partial charge in [-0.25, -0.2) is 4.79 Å². The van der Waals surface area contributed by atoms with Crippen LogP contribution in [0.25, 0.3) is 0 Å². The summed E-state index contributed by atoms with van der Waals surface area (Å²) in [6, 6.07) is 23.6. The van der Waals surface area contributed by atoms with E-state index in [9.17, 15) is 9.59 Å². The molecule has 7 nitrogen and oxygen atoms in total. The number of hydrogen-bond acceptors (Lipinski definition) is 5. The largest absolute Gasteiger partial charge is 0.445 e. The number of ether oxygens (including phenoxy) is 1. The fourth-order valence-electron chi connectivity index (χ4n) is 4.20. The monoisotopic (exact) mass is 486 g/mol. The van der Waals surface area contributed by atoms with Crippen molar-refractivity contribution in [2.24, 2.45) is 0 Å². The van der Waals surface area contributed by atoms with Crippen molar-refractivity contribution in [2.45, 2.75) is 51.4 Å².